The summed E-state index contributed by atoms with van der Waals surface area (Å²) in [5.74, 6) is -2.47. The van der Waals surface area contributed by atoms with E-state index in [0.717, 1.165) is 0 Å². The molecule has 1 aliphatic rings. The van der Waals surface area contributed by atoms with Gasteiger partial charge in [0.1, 0.15) is 22.7 Å². The summed E-state index contributed by atoms with van der Waals surface area (Å²) < 4.78 is 72.2. The third kappa shape index (κ3) is 5.70. The lowest BCUT2D eigenvalue weighted by molar-refractivity contribution is -0.166. The number of rotatable bonds is 6. The third-order valence-corrected chi connectivity index (χ3v) is 6.05. The van der Waals surface area contributed by atoms with Crippen LogP contribution in [0.5, 0.6) is 0 Å². The molecule has 0 radical (unpaired) electrons. The number of likely N-dealkylation sites (tertiary alicyclic amines) is 1. The third-order valence-electron chi connectivity index (χ3n) is 6.05. The Bertz CT molecular complexity index is 1490. The van der Waals surface area contributed by atoms with Crippen LogP contribution in [-0.2, 0) is 22.3 Å². The maximum Gasteiger partial charge on any atom is 0.422 e. The Hall–Kier alpha value is -4.06. The van der Waals surface area contributed by atoms with Gasteiger partial charge in [0, 0.05) is 36.3 Å². The molecule has 2 aromatic heterocycles. The van der Waals surface area contributed by atoms with E-state index in [9.17, 15) is 22.4 Å². The molecule has 0 aliphatic carbocycles. The van der Waals surface area contributed by atoms with Gasteiger partial charge in [-0.25, -0.2) is 4.39 Å². The first-order valence-corrected chi connectivity index (χ1v) is 12.1. The highest BCUT2D eigenvalue weighted by Crippen LogP contribution is 2.43. The maximum atomic E-state index is 14.9. The van der Waals surface area contributed by atoms with Crippen molar-refractivity contribution in [3.63, 3.8) is 0 Å². The van der Waals surface area contributed by atoms with Gasteiger partial charge in [-0.15, -0.1) is 0 Å². The summed E-state index contributed by atoms with van der Waals surface area (Å²) >= 11 is 0. The Morgan fingerprint density at radius 3 is 2.38 bits per heavy atom. The zero-order valence-corrected chi connectivity index (χ0v) is 21.3. The minimum Gasteiger partial charge on any atom is -0.460 e. The molecular weight excluding hydrogens is 520 g/mol. The molecule has 1 fully saturated rings. The molecular formula is C27H24F4N4O4. The molecule has 39 heavy (non-hydrogen) atoms. The Kier molecular flexibility index (Phi) is 6.75. The second-order valence-corrected chi connectivity index (χ2v) is 10.3. The van der Waals surface area contributed by atoms with Crippen LogP contribution in [0.15, 0.2) is 57.6 Å². The first-order chi connectivity index (χ1) is 18.4. The van der Waals surface area contributed by atoms with Crippen molar-refractivity contribution in [2.75, 3.05) is 13.1 Å². The van der Waals surface area contributed by atoms with Gasteiger partial charge in [0.05, 0.1) is 5.92 Å². The molecule has 3 heterocycles. The number of ether oxygens (including phenoxy) is 1. The lowest BCUT2D eigenvalue weighted by Crippen LogP contribution is -2.51. The topological polar surface area (TPSA) is 94.5 Å². The van der Waals surface area contributed by atoms with E-state index in [1.54, 1.807) is 45.0 Å². The highest BCUT2D eigenvalue weighted by atomic mass is 19.4. The molecule has 2 aromatic carbocycles. The van der Waals surface area contributed by atoms with Crippen LogP contribution in [0, 0.1) is 11.7 Å². The number of hydrogen-bond acceptors (Lipinski definition) is 8. The standard InChI is InChI=1S/C27H24F4N4O4/c1-26(2,3)37-25(36)18-13-35(14-18)12-17-10-9-16(11-19(17)28)23-32-24(39-34-23)22-20(27(29,30)31)21(33-38-22)15-7-5-4-6-8-15/h4-11,18H,12-14H2,1-3H3. The zero-order valence-electron chi connectivity index (χ0n) is 21.3. The van der Waals surface area contributed by atoms with Gasteiger partial charge in [0.25, 0.3) is 5.89 Å². The van der Waals surface area contributed by atoms with E-state index in [-0.39, 0.29) is 35.4 Å². The number of esters is 1. The normalized spacial score (nSPS) is 14.8. The number of alkyl halides is 3. The summed E-state index contributed by atoms with van der Waals surface area (Å²) in [7, 11) is 0. The van der Waals surface area contributed by atoms with E-state index in [2.05, 4.69) is 15.3 Å². The molecule has 0 unspecified atom stereocenters. The van der Waals surface area contributed by atoms with Crippen LogP contribution in [0.3, 0.4) is 0 Å². The van der Waals surface area contributed by atoms with E-state index < -0.39 is 40.5 Å². The van der Waals surface area contributed by atoms with Crippen molar-refractivity contribution < 1.29 is 36.1 Å². The van der Waals surface area contributed by atoms with Gasteiger partial charge in [-0.1, -0.05) is 52.8 Å². The number of aromatic nitrogens is 3. The Balaban J connectivity index is 1.31. The monoisotopic (exact) mass is 544 g/mol. The molecule has 0 saturated carbocycles. The highest BCUT2D eigenvalue weighted by molar-refractivity contribution is 5.74. The van der Waals surface area contributed by atoms with Gasteiger partial charge < -0.3 is 13.8 Å². The van der Waals surface area contributed by atoms with Crippen LogP contribution in [0.1, 0.15) is 31.9 Å². The molecule has 4 aromatic rings. The molecule has 0 amide bonds. The van der Waals surface area contributed by atoms with Crippen LogP contribution in [0.25, 0.3) is 34.3 Å². The van der Waals surface area contributed by atoms with Crippen LogP contribution in [0.4, 0.5) is 17.6 Å². The average Bonchev–Trinajstić information content (AvgIpc) is 3.48. The van der Waals surface area contributed by atoms with Crippen molar-refractivity contribution >= 4 is 5.97 Å². The minimum absolute atomic E-state index is 0.116. The van der Waals surface area contributed by atoms with E-state index in [1.807, 2.05) is 4.90 Å². The zero-order chi connectivity index (χ0) is 27.9. The number of halogens is 4. The van der Waals surface area contributed by atoms with Gasteiger partial charge in [-0.2, -0.15) is 18.2 Å². The van der Waals surface area contributed by atoms with Crippen LogP contribution < -0.4 is 0 Å². The van der Waals surface area contributed by atoms with Crippen molar-refractivity contribution in [1.82, 2.24) is 20.2 Å². The second-order valence-electron chi connectivity index (χ2n) is 10.3. The molecule has 204 valence electrons. The number of nitrogens with zero attached hydrogens (tertiary/aromatic N) is 4. The Morgan fingerprint density at radius 1 is 1.03 bits per heavy atom. The van der Waals surface area contributed by atoms with Crippen molar-refractivity contribution in [2.45, 2.75) is 39.1 Å². The van der Waals surface area contributed by atoms with Gasteiger partial charge in [-0.05, 0) is 26.8 Å². The largest absolute Gasteiger partial charge is 0.460 e. The molecule has 0 bridgehead atoms. The number of benzene rings is 2. The average molecular weight is 545 g/mol. The number of hydrogen-bond donors (Lipinski definition) is 0. The summed E-state index contributed by atoms with van der Waals surface area (Å²) in [6, 6.07) is 12.0. The SMILES string of the molecule is CC(C)(C)OC(=O)C1CN(Cc2ccc(-c3noc(-c4onc(-c5ccccc5)c4C(F)(F)F)n3)cc2F)C1. The molecule has 1 aliphatic heterocycles. The van der Waals surface area contributed by atoms with E-state index in [0.29, 0.717) is 18.7 Å². The summed E-state index contributed by atoms with van der Waals surface area (Å²) in [5.41, 5.74) is -1.33. The fourth-order valence-electron chi connectivity index (χ4n) is 4.21. The predicted octanol–water partition coefficient (Wildman–Crippen LogP) is 5.99. The van der Waals surface area contributed by atoms with E-state index in [1.165, 1.54) is 24.3 Å². The van der Waals surface area contributed by atoms with Crippen molar-refractivity contribution in [3.05, 3.63) is 65.5 Å². The van der Waals surface area contributed by atoms with Crippen LogP contribution in [0.2, 0.25) is 0 Å². The molecule has 5 rings (SSSR count). The summed E-state index contributed by atoms with van der Waals surface area (Å²) in [5, 5.41) is 7.31. The molecule has 1 saturated heterocycles. The van der Waals surface area contributed by atoms with Gasteiger partial charge in [0.2, 0.25) is 11.6 Å². The number of carbonyl (C=O) groups excluding carboxylic acids is 1. The lowest BCUT2D eigenvalue weighted by Gasteiger charge is -2.38. The van der Waals surface area contributed by atoms with Crippen molar-refractivity contribution in [3.8, 4) is 34.3 Å². The summed E-state index contributed by atoms with van der Waals surface area (Å²) in [6.45, 7) is 6.58. The maximum absolute atomic E-state index is 14.9. The van der Waals surface area contributed by atoms with Gasteiger partial charge in [0.15, 0.2) is 0 Å². The van der Waals surface area contributed by atoms with Crippen LogP contribution in [-0.4, -0.2) is 44.9 Å². The number of carbonyl (C=O) groups is 1. The Morgan fingerprint density at radius 2 is 1.74 bits per heavy atom. The molecule has 8 nitrogen and oxygen atoms in total. The van der Waals surface area contributed by atoms with E-state index in [4.69, 9.17) is 13.8 Å². The van der Waals surface area contributed by atoms with Gasteiger partial charge in [-0.3, -0.25) is 9.69 Å². The Labute approximate surface area is 220 Å². The van der Waals surface area contributed by atoms with Gasteiger partial charge >= 0.3 is 12.1 Å². The highest BCUT2D eigenvalue weighted by Gasteiger charge is 2.43. The van der Waals surface area contributed by atoms with Crippen molar-refractivity contribution in [2.24, 2.45) is 5.92 Å². The molecule has 12 heteroatoms. The first-order valence-electron chi connectivity index (χ1n) is 12.1. The smallest absolute Gasteiger partial charge is 0.422 e. The molecule has 0 atom stereocenters. The molecule has 0 N–H and O–H groups in total. The fourth-order valence-corrected chi connectivity index (χ4v) is 4.21. The molecule has 0 spiro atoms. The summed E-state index contributed by atoms with van der Waals surface area (Å²) in [4.78, 5) is 18.1. The second kappa shape index (κ2) is 9.92. The fraction of sp³-hybridized carbons (Fsp3) is 0.333. The predicted molar refractivity (Wildman–Crippen MR) is 130 cm³/mol. The summed E-state index contributed by atoms with van der Waals surface area (Å²) in [6.07, 6.45) is -4.82. The lowest BCUT2D eigenvalue weighted by atomic mass is 9.98. The quantitative estimate of drug-likeness (QED) is 0.216. The van der Waals surface area contributed by atoms with E-state index >= 15 is 0 Å². The van der Waals surface area contributed by atoms with Crippen molar-refractivity contribution in [1.29, 1.82) is 0 Å². The van der Waals surface area contributed by atoms with Crippen LogP contribution >= 0.6 is 0 Å². The first kappa shape index (κ1) is 26.5. The minimum atomic E-state index is -4.82.